The lowest BCUT2D eigenvalue weighted by molar-refractivity contribution is -0.155. The number of nitrogens with zero attached hydrogens (tertiary/aromatic N) is 1. The first-order chi connectivity index (χ1) is 7.87. The molecule has 1 aliphatic heterocycles. The van der Waals surface area contributed by atoms with Crippen LogP contribution in [0.5, 0.6) is 0 Å². The minimum atomic E-state index is -0.772. The van der Waals surface area contributed by atoms with Gasteiger partial charge in [-0.2, -0.15) is 0 Å². The Morgan fingerprint density at radius 1 is 1.53 bits per heavy atom. The van der Waals surface area contributed by atoms with Gasteiger partial charge in [-0.05, 0) is 19.3 Å². The SMILES string of the molecule is C=CCN1C(=O)C(C)(CC)NC(=O)C1C(C)C. The van der Waals surface area contributed by atoms with Gasteiger partial charge in [0.05, 0.1) is 0 Å². The van der Waals surface area contributed by atoms with Crippen LogP contribution in [0.2, 0.25) is 0 Å². The highest BCUT2D eigenvalue weighted by atomic mass is 16.2. The molecule has 0 aliphatic carbocycles. The largest absolute Gasteiger partial charge is 0.340 e. The van der Waals surface area contributed by atoms with E-state index >= 15 is 0 Å². The van der Waals surface area contributed by atoms with E-state index in [-0.39, 0.29) is 23.8 Å². The van der Waals surface area contributed by atoms with Gasteiger partial charge < -0.3 is 10.2 Å². The van der Waals surface area contributed by atoms with Crippen molar-refractivity contribution >= 4 is 11.8 Å². The molecule has 0 aromatic heterocycles. The van der Waals surface area contributed by atoms with E-state index < -0.39 is 5.54 Å². The van der Waals surface area contributed by atoms with E-state index in [1.54, 1.807) is 17.9 Å². The van der Waals surface area contributed by atoms with Gasteiger partial charge in [-0.15, -0.1) is 6.58 Å². The van der Waals surface area contributed by atoms with Crippen LogP contribution in [0.1, 0.15) is 34.1 Å². The molecular weight excluding hydrogens is 216 g/mol. The van der Waals surface area contributed by atoms with Gasteiger partial charge in [0.25, 0.3) is 0 Å². The van der Waals surface area contributed by atoms with Crippen LogP contribution in [0.4, 0.5) is 0 Å². The summed E-state index contributed by atoms with van der Waals surface area (Å²) in [4.78, 5) is 26.1. The molecule has 1 rings (SSSR count). The topological polar surface area (TPSA) is 49.4 Å². The van der Waals surface area contributed by atoms with Crippen molar-refractivity contribution in [2.45, 2.75) is 45.7 Å². The molecule has 2 atom stereocenters. The smallest absolute Gasteiger partial charge is 0.248 e. The zero-order valence-electron chi connectivity index (χ0n) is 11.1. The minimum absolute atomic E-state index is 0.0156. The molecule has 2 unspecified atom stereocenters. The zero-order valence-corrected chi connectivity index (χ0v) is 11.1. The van der Waals surface area contributed by atoms with E-state index in [2.05, 4.69) is 11.9 Å². The second kappa shape index (κ2) is 4.90. The van der Waals surface area contributed by atoms with Gasteiger partial charge in [0.1, 0.15) is 11.6 Å². The van der Waals surface area contributed by atoms with Gasteiger partial charge >= 0.3 is 0 Å². The van der Waals surface area contributed by atoms with Crippen molar-refractivity contribution in [3.8, 4) is 0 Å². The summed E-state index contributed by atoms with van der Waals surface area (Å²) in [5, 5.41) is 2.85. The van der Waals surface area contributed by atoms with Crippen LogP contribution in [0, 0.1) is 5.92 Å². The summed E-state index contributed by atoms with van der Waals surface area (Å²) in [5.74, 6) is 0.0179. The number of carbonyl (C=O) groups excluding carboxylic acids is 2. The number of nitrogens with one attached hydrogen (secondary N) is 1. The summed E-state index contributed by atoms with van der Waals surface area (Å²) >= 11 is 0. The lowest BCUT2D eigenvalue weighted by Gasteiger charge is -2.45. The Hall–Kier alpha value is -1.32. The molecule has 0 radical (unpaired) electrons. The lowest BCUT2D eigenvalue weighted by Crippen LogP contribution is -2.70. The van der Waals surface area contributed by atoms with Crippen LogP contribution in [0.15, 0.2) is 12.7 Å². The molecule has 2 amide bonds. The van der Waals surface area contributed by atoms with Crippen LogP contribution in [0.3, 0.4) is 0 Å². The molecular formula is C13H22N2O2. The third-order valence-electron chi connectivity index (χ3n) is 3.40. The maximum absolute atomic E-state index is 12.4. The second-order valence-electron chi connectivity index (χ2n) is 5.11. The minimum Gasteiger partial charge on any atom is -0.340 e. The van der Waals surface area contributed by atoms with E-state index in [1.165, 1.54) is 0 Å². The summed E-state index contributed by atoms with van der Waals surface area (Å²) in [6.45, 7) is 11.7. The van der Waals surface area contributed by atoms with Gasteiger partial charge in [0.15, 0.2) is 0 Å². The first-order valence-corrected chi connectivity index (χ1v) is 6.11. The third-order valence-corrected chi connectivity index (χ3v) is 3.40. The molecule has 1 N–H and O–H groups in total. The highest BCUT2D eigenvalue weighted by molar-refractivity contribution is 5.99. The molecule has 4 nitrogen and oxygen atoms in total. The molecule has 96 valence electrons. The molecule has 0 bridgehead atoms. The maximum Gasteiger partial charge on any atom is 0.248 e. The number of amides is 2. The Bertz CT molecular complexity index is 338. The Kier molecular flexibility index (Phi) is 3.96. The van der Waals surface area contributed by atoms with Crippen molar-refractivity contribution in [1.29, 1.82) is 0 Å². The molecule has 1 fully saturated rings. The Morgan fingerprint density at radius 3 is 2.53 bits per heavy atom. The fourth-order valence-corrected chi connectivity index (χ4v) is 2.22. The van der Waals surface area contributed by atoms with Crippen molar-refractivity contribution < 1.29 is 9.59 Å². The molecule has 0 spiro atoms. The average Bonchev–Trinajstić information content (AvgIpc) is 2.25. The lowest BCUT2D eigenvalue weighted by atomic mass is 9.88. The summed E-state index contributed by atoms with van der Waals surface area (Å²) in [6, 6.07) is -0.389. The van der Waals surface area contributed by atoms with Crippen molar-refractivity contribution in [2.24, 2.45) is 5.92 Å². The Morgan fingerprint density at radius 2 is 2.12 bits per heavy atom. The van der Waals surface area contributed by atoms with E-state index in [1.807, 2.05) is 20.8 Å². The first kappa shape index (κ1) is 13.7. The average molecular weight is 238 g/mol. The standard InChI is InChI=1S/C13H22N2O2/c1-6-8-15-10(9(3)4)11(16)14-13(5,7-2)12(15)17/h6,9-10H,1,7-8H2,2-5H3,(H,14,16). The van der Waals surface area contributed by atoms with Crippen molar-refractivity contribution in [3.05, 3.63) is 12.7 Å². The van der Waals surface area contributed by atoms with E-state index in [4.69, 9.17) is 0 Å². The Labute approximate surface area is 103 Å². The van der Waals surface area contributed by atoms with Gasteiger partial charge in [-0.25, -0.2) is 0 Å². The quantitative estimate of drug-likeness (QED) is 0.751. The molecule has 0 aromatic rings. The van der Waals surface area contributed by atoms with Gasteiger partial charge in [0.2, 0.25) is 11.8 Å². The highest BCUT2D eigenvalue weighted by Gasteiger charge is 2.47. The second-order valence-corrected chi connectivity index (χ2v) is 5.11. The van der Waals surface area contributed by atoms with Crippen LogP contribution in [-0.2, 0) is 9.59 Å². The normalized spacial score (nSPS) is 29.5. The third kappa shape index (κ3) is 2.35. The summed E-state index contributed by atoms with van der Waals surface area (Å²) in [5.41, 5.74) is -0.772. The fourth-order valence-electron chi connectivity index (χ4n) is 2.22. The molecule has 1 aliphatic rings. The highest BCUT2D eigenvalue weighted by Crippen LogP contribution is 2.24. The zero-order chi connectivity index (χ0) is 13.2. The van der Waals surface area contributed by atoms with Gasteiger partial charge in [-0.3, -0.25) is 9.59 Å². The molecule has 17 heavy (non-hydrogen) atoms. The predicted octanol–water partition coefficient (Wildman–Crippen LogP) is 1.32. The number of rotatable bonds is 4. The summed E-state index contributed by atoms with van der Waals surface area (Å²) in [6.07, 6.45) is 2.26. The van der Waals surface area contributed by atoms with Crippen molar-refractivity contribution in [3.63, 3.8) is 0 Å². The first-order valence-electron chi connectivity index (χ1n) is 6.11. The monoisotopic (exact) mass is 238 g/mol. The van der Waals surface area contributed by atoms with Crippen molar-refractivity contribution in [2.75, 3.05) is 6.54 Å². The molecule has 0 saturated carbocycles. The number of piperazine rings is 1. The molecule has 4 heteroatoms. The van der Waals surface area contributed by atoms with Gasteiger partial charge in [0, 0.05) is 6.54 Å². The van der Waals surface area contributed by atoms with E-state index in [0.29, 0.717) is 13.0 Å². The van der Waals surface area contributed by atoms with E-state index in [9.17, 15) is 9.59 Å². The van der Waals surface area contributed by atoms with Crippen LogP contribution in [-0.4, -0.2) is 34.8 Å². The summed E-state index contributed by atoms with van der Waals surface area (Å²) < 4.78 is 0. The predicted molar refractivity (Wildman–Crippen MR) is 67.4 cm³/mol. The molecule has 1 heterocycles. The fraction of sp³-hybridized carbons (Fsp3) is 0.692. The van der Waals surface area contributed by atoms with E-state index in [0.717, 1.165) is 0 Å². The van der Waals surface area contributed by atoms with Crippen LogP contribution in [0.25, 0.3) is 0 Å². The van der Waals surface area contributed by atoms with Gasteiger partial charge in [-0.1, -0.05) is 26.8 Å². The summed E-state index contributed by atoms with van der Waals surface area (Å²) in [7, 11) is 0. The number of carbonyl (C=O) groups is 2. The maximum atomic E-state index is 12.4. The molecule has 0 aromatic carbocycles. The van der Waals surface area contributed by atoms with Crippen LogP contribution >= 0.6 is 0 Å². The van der Waals surface area contributed by atoms with Crippen LogP contribution < -0.4 is 5.32 Å². The number of hydrogen-bond acceptors (Lipinski definition) is 2. The molecule has 1 saturated heterocycles. The number of hydrogen-bond donors (Lipinski definition) is 1. The van der Waals surface area contributed by atoms with Crippen molar-refractivity contribution in [1.82, 2.24) is 10.2 Å². The Balaban J connectivity index is 3.09.